The number of rotatable bonds is 10. The van der Waals surface area contributed by atoms with Crippen molar-refractivity contribution in [3.05, 3.63) is 96.3 Å². The summed E-state index contributed by atoms with van der Waals surface area (Å²) < 4.78 is 1.99. The maximum atomic E-state index is 13.1. The number of nitrogens with one attached hydrogen (secondary N) is 1. The molecular formula is C26H24N4O3S2. The molecule has 3 aromatic carbocycles. The third-order valence-corrected chi connectivity index (χ3v) is 7.43. The Labute approximate surface area is 212 Å². The lowest BCUT2D eigenvalue weighted by molar-refractivity contribution is -0.115. The van der Waals surface area contributed by atoms with E-state index in [9.17, 15) is 14.7 Å². The number of anilines is 1. The van der Waals surface area contributed by atoms with Crippen LogP contribution in [0.1, 0.15) is 29.5 Å². The molecule has 1 amide bonds. The van der Waals surface area contributed by atoms with Gasteiger partial charge < -0.3 is 10.4 Å². The molecule has 9 heteroatoms. The lowest BCUT2D eigenvalue weighted by atomic mass is 10.2. The summed E-state index contributed by atoms with van der Waals surface area (Å²) in [4.78, 5) is 25.4. The molecule has 0 aliphatic carbocycles. The monoisotopic (exact) mass is 504 g/mol. The van der Waals surface area contributed by atoms with Gasteiger partial charge in [0.1, 0.15) is 5.82 Å². The highest BCUT2D eigenvalue weighted by Crippen LogP contribution is 2.30. The van der Waals surface area contributed by atoms with Crippen LogP contribution in [0.5, 0.6) is 0 Å². The maximum absolute atomic E-state index is 13.1. The Bertz CT molecular complexity index is 1300. The van der Waals surface area contributed by atoms with E-state index < -0.39 is 11.2 Å². The number of carboxylic acid groups (broad SMARTS) is 1. The number of carbonyl (C=O) groups is 2. The Hall–Kier alpha value is -3.56. The van der Waals surface area contributed by atoms with Crippen LogP contribution in [0, 0.1) is 0 Å². The zero-order valence-corrected chi connectivity index (χ0v) is 20.6. The van der Waals surface area contributed by atoms with Gasteiger partial charge >= 0.3 is 5.97 Å². The minimum atomic E-state index is -1.04. The van der Waals surface area contributed by atoms with E-state index >= 15 is 0 Å². The van der Waals surface area contributed by atoms with E-state index in [2.05, 4.69) is 27.6 Å². The number of benzene rings is 3. The highest BCUT2D eigenvalue weighted by Gasteiger charge is 2.24. The van der Waals surface area contributed by atoms with Gasteiger partial charge in [-0.1, -0.05) is 61.2 Å². The van der Waals surface area contributed by atoms with Crippen molar-refractivity contribution in [2.45, 2.75) is 34.4 Å². The van der Waals surface area contributed by atoms with Crippen LogP contribution in [0.15, 0.2) is 95.0 Å². The van der Waals surface area contributed by atoms with Gasteiger partial charge in [-0.2, -0.15) is 0 Å². The Morgan fingerprint density at radius 3 is 2.37 bits per heavy atom. The first kappa shape index (κ1) is 24.6. The zero-order chi connectivity index (χ0) is 24.6. The van der Waals surface area contributed by atoms with Crippen molar-refractivity contribution >= 4 is 41.1 Å². The van der Waals surface area contributed by atoms with Crippen LogP contribution in [-0.4, -0.2) is 37.0 Å². The number of hydrogen-bond acceptors (Lipinski definition) is 6. The topological polar surface area (TPSA) is 97.1 Å². The average Bonchev–Trinajstić information content (AvgIpc) is 3.29. The second kappa shape index (κ2) is 11.7. The van der Waals surface area contributed by atoms with Crippen LogP contribution >= 0.6 is 23.5 Å². The summed E-state index contributed by atoms with van der Waals surface area (Å²) >= 11 is 3.01. The van der Waals surface area contributed by atoms with Crippen molar-refractivity contribution in [1.29, 1.82) is 0 Å². The summed E-state index contributed by atoms with van der Waals surface area (Å²) in [6.45, 7) is 1.93. The van der Waals surface area contributed by atoms with E-state index in [0.717, 1.165) is 16.4 Å². The average molecular weight is 505 g/mol. The first-order valence-electron chi connectivity index (χ1n) is 11.0. The Balaban J connectivity index is 1.56. The van der Waals surface area contributed by atoms with Crippen molar-refractivity contribution in [2.75, 3.05) is 5.32 Å². The molecule has 1 atom stereocenters. The molecule has 1 aromatic heterocycles. The minimum absolute atomic E-state index is 0.118. The van der Waals surface area contributed by atoms with E-state index in [0.29, 0.717) is 23.0 Å². The van der Waals surface area contributed by atoms with Gasteiger partial charge in [0.05, 0.1) is 16.6 Å². The summed E-state index contributed by atoms with van der Waals surface area (Å²) in [6.07, 6.45) is 0.560. The van der Waals surface area contributed by atoms with Gasteiger partial charge in [0.25, 0.3) is 0 Å². The number of aromatic nitrogens is 3. The lowest BCUT2D eigenvalue weighted by Gasteiger charge is -2.16. The molecule has 0 radical (unpaired) electrons. The molecule has 0 fully saturated rings. The number of nitrogens with zero attached hydrogens (tertiary/aromatic N) is 3. The molecule has 178 valence electrons. The molecule has 0 spiro atoms. The molecule has 0 saturated heterocycles. The largest absolute Gasteiger partial charge is 0.478 e. The highest BCUT2D eigenvalue weighted by molar-refractivity contribution is 8.00. The van der Waals surface area contributed by atoms with Crippen molar-refractivity contribution in [1.82, 2.24) is 14.8 Å². The number of para-hydroxylation sites is 1. The second-order valence-corrected chi connectivity index (χ2v) is 9.78. The van der Waals surface area contributed by atoms with Gasteiger partial charge in [0, 0.05) is 16.3 Å². The van der Waals surface area contributed by atoms with Gasteiger partial charge in [0.2, 0.25) is 5.91 Å². The van der Waals surface area contributed by atoms with Crippen LogP contribution in [-0.2, 0) is 10.5 Å². The number of amides is 1. The first-order valence-corrected chi connectivity index (χ1v) is 12.9. The fourth-order valence-corrected chi connectivity index (χ4v) is 5.20. The predicted octanol–water partition coefficient (Wildman–Crippen LogP) is 5.77. The quantitative estimate of drug-likeness (QED) is 0.265. The molecule has 4 rings (SSSR count). The molecule has 7 nitrogen and oxygen atoms in total. The van der Waals surface area contributed by atoms with Crippen molar-refractivity contribution in [3.63, 3.8) is 0 Å². The molecule has 0 bridgehead atoms. The van der Waals surface area contributed by atoms with Gasteiger partial charge in [-0.25, -0.2) is 4.79 Å². The zero-order valence-electron chi connectivity index (χ0n) is 19.0. The van der Waals surface area contributed by atoms with Gasteiger partial charge in [-0.15, -0.1) is 22.0 Å². The summed E-state index contributed by atoms with van der Waals surface area (Å²) in [7, 11) is 0. The predicted molar refractivity (Wildman–Crippen MR) is 139 cm³/mol. The molecule has 1 unspecified atom stereocenters. The van der Waals surface area contributed by atoms with Gasteiger partial charge in [-0.3, -0.25) is 9.36 Å². The standard InChI is InChI=1S/C26H24N4O3S2/c1-2-22(24(31)27-19-11-9-10-18(16-19)25(32)33)35-26-29-28-23(17-34-21-14-7-4-8-15-21)30(26)20-12-5-3-6-13-20/h3-16,22H,2,17H2,1H3,(H,27,31)(H,32,33). The van der Waals surface area contributed by atoms with Crippen molar-refractivity contribution < 1.29 is 14.7 Å². The molecule has 0 saturated carbocycles. The molecule has 4 aromatic rings. The van der Waals surface area contributed by atoms with Crippen LogP contribution in [0.3, 0.4) is 0 Å². The van der Waals surface area contributed by atoms with E-state index in [1.807, 2.05) is 60.0 Å². The number of thioether (sulfide) groups is 2. The number of hydrogen-bond donors (Lipinski definition) is 2. The van der Waals surface area contributed by atoms with Crippen molar-refractivity contribution in [3.8, 4) is 5.69 Å². The second-order valence-electron chi connectivity index (χ2n) is 7.56. The third kappa shape index (κ3) is 6.32. The smallest absolute Gasteiger partial charge is 0.335 e. The molecule has 2 N–H and O–H groups in total. The van der Waals surface area contributed by atoms with Crippen LogP contribution in [0.2, 0.25) is 0 Å². The molecule has 1 heterocycles. The molecule has 0 aliphatic rings. The minimum Gasteiger partial charge on any atom is -0.478 e. The van der Waals surface area contributed by atoms with Crippen LogP contribution < -0.4 is 5.32 Å². The van der Waals surface area contributed by atoms with Crippen LogP contribution in [0.25, 0.3) is 5.69 Å². The normalized spacial score (nSPS) is 11.7. The number of carbonyl (C=O) groups excluding carboxylic acids is 1. The Morgan fingerprint density at radius 2 is 1.69 bits per heavy atom. The molecule has 35 heavy (non-hydrogen) atoms. The number of aromatic carboxylic acids is 1. The van der Waals surface area contributed by atoms with Crippen molar-refractivity contribution in [2.24, 2.45) is 0 Å². The van der Waals surface area contributed by atoms with Gasteiger partial charge in [0.15, 0.2) is 5.16 Å². The Morgan fingerprint density at radius 1 is 0.971 bits per heavy atom. The summed E-state index contributed by atoms with van der Waals surface area (Å²) in [6, 6.07) is 26.2. The fraction of sp³-hybridized carbons (Fsp3) is 0.154. The van der Waals surface area contributed by atoms with Crippen LogP contribution in [0.4, 0.5) is 5.69 Å². The Kier molecular flexibility index (Phi) is 8.23. The molecular weight excluding hydrogens is 480 g/mol. The first-order chi connectivity index (χ1) is 17.0. The lowest BCUT2D eigenvalue weighted by Crippen LogP contribution is -2.25. The van der Waals surface area contributed by atoms with E-state index in [-0.39, 0.29) is 11.5 Å². The van der Waals surface area contributed by atoms with E-state index in [1.54, 1.807) is 23.9 Å². The SMILES string of the molecule is CCC(Sc1nnc(CSc2ccccc2)n1-c1ccccc1)C(=O)Nc1cccc(C(=O)O)c1. The maximum Gasteiger partial charge on any atom is 0.335 e. The number of carboxylic acids is 1. The summed E-state index contributed by atoms with van der Waals surface area (Å²) in [5.41, 5.74) is 1.49. The summed E-state index contributed by atoms with van der Waals surface area (Å²) in [5, 5.41) is 21.1. The third-order valence-electron chi connectivity index (χ3n) is 5.11. The fourth-order valence-electron chi connectivity index (χ4n) is 3.37. The van der Waals surface area contributed by atoms with Gasteiger partial charge in [-0.05, 0) is 48.9 Å². The molecule has 0 aliphatic heterocycles. The van der Waals surface area contributed by atoms with E-state index in [4.69, 9.17) is 0 Å². The van der Waals surface area contributed by atoms with E-state index in [1.165, 1.54) is 23.9 Å². The summed E-state index contributed by atoms with van der Waals surface area (Å²) in [5.74, 6) is 0.150. The highest BCUT2D eigenvalue weighted by atomic mass is 32.2.